The molecule has 0 spiro atoms. The van der Waals surface area contributed by atoms with E-state index in [1.807, 2.05) is 0 Å². The number of Topliss-reactive ketones (excluding diaryl/α,β-unsaturated/α-hetero) is 1. The second-order valence-corrected chi connectivity index (χ2v) is 3.60. The summed E-state index contributed by atoms with van der Waals surface area (Å²) >= 11 is 5.85. The minimum atomic E-state index is 0.102. The fraction of sp³-hybridized carbons (Fsp3) is 0.250. The van der Waals surface area contributed by atoms with Crippen LogP contribution >= 0.6 is 11.6 Å². The van der Waals surface area contributed by atoms with Crippen LogP contribution in [-0.2, 0) is 11.2 Å². The molecular weight excluding hydrogens is 212 g/mol. The lowest BCUT2D eigenvalue weighted by atomic mass is 10.1. The monoisotopic (exact) mass is 224 g/mol. The average molecular weight is 225 g/mol. The number of ether oxygens (including phenoxy) is 1. The molecule has 80 valence electrons. The number of rotatable bonds is 5. The summed E-state index contributed by atoms with van der Waals surface area (Å²) in [6.07, 6.45) is 2.30. The van der Waals surface area contributed by atoms with E-state index in [4.69, 9.17) is 16.3 Å². The Kier molecular flexibility index (Phi) is 4.37. The smallest absolute Gasteiger partial charge is 0.141 e. The molecule has 1 rings (SSSR count). The van der Waals surface area contributed by atoms with E-state index in [1.165, 1.54) is 0 Å². The van der Waals surface area contributed by atoms with Crippen molar-refractivity contribution < 1.29 is 9.53 Å². The van der Waals surface area contributed by atoms with Crippen molar-refractivity contribution in [3.05, 3.63) is 41.4 Å². The Morgan fingerprint density at radius 3 is 2.93 bits per heavy atom. The molecular formula is C12H13ClO2. The minimum Gasteiger partial charge on any atom is -0.496 e. The molecule has 0 saturated carbocycles. The van der Waals surface area contributed by atoms with E-state index in [1.54, 1.807) is 31.4 Å². The van der Waals surface area contributed by atoms with Crippen LogP contribution in [-0.4, -0.2) is 12.9 Å². The Morgan fingerprint density at radius 2 is 2.33 bits per heavy atom. The predicted molar refractivity (Wildman–Crippen MR) is 61.5 cm³/mol. The van der Waals surface area contributed by atoms with Gasteiger partial charge in [0.25, 0.3) is 0 Å². The summed E-state index contributed by atoms with van der Waals surface area (Å²) in [6, 6.07) is 5.25. The van der Waals surface area contributed by atoms with Crippen molar-refractivity contribution in [3.8, 4) is 5.75 Å². The third-order valence-electron chi connectivity index (χ3n) is 2.00. The van der Waals surface area contributed by atoms with Crippen LogP contribution in [0.4, 0.5) is 0 Å². The van der Waals surface area contributed by atoms with Crippen LogP contribution in [0.1, 0.15) is 12.0 Å². The van der Waals surface area contributed by atoms with Gasteiger partial charge >= 0.3 is 0 Å². The van der Waals surface area contributed by atoms with Crippen molar-refractivity contribution in [2.45, 2.75) is 12.8 Å². The van der Waals surface area contributed by atoms with Gasteiger partial charge in [-0.2, -0.15) is 0 Å². The van der Waals surface area contributed by atoms with Gasteiger partial charge in [-0.05, 0) is 18.2 Å². The Labute approximate surface area is 94.5 Å². The molecule has 1 aromatic carbocycles. The van der Waals surface area contributed by atoms with E-state index in [0.717, 1.165) is 5.56 Å². The van der Waals surface area contributed by atoms with Crippen molar-refractivity contribution in [3.63, 3.8) is 0 Å². The number of halogens is 1. The molecule has 0 heterocycles. The van der Waals surface area contributed by atoms with Gasteiger partial charge in [0, 0.05) is 23.4 Å². The first-order chi connectivity index (χ1) is 7.17. The van der Waals surface area contributed by atoms with Gasteiger partial charge in [0.1, 0.15) is 11.5 Å². The molecule has 0 aromatic heterocycles. The number of benzene rings is 1. The van der Waals surface area contributed by atoms with Gasteiger partial charge in [0.05, 0.1) is 7.11 Å². The van der Waals surface area contributed by atoms with Gasteiger partial charge in [-0.15, -0.1) is 6.58 Å². The van der Waals surface area contributed by atoms with E-state index < -0.39 is 0 Å². The van der Waals surface area contributed by atoms with Crippen LogP contribution in [0, 0.1) is 0 Å². The van der Waals surface area contributed by atoms with Gasteiger partial charge in [0.2, 0.25) is 0 Å². The topological polar surface area (TPSA) is 26.3 Å². The number of carbonyl (C=O) groups excluding carboxylic acids is 1. The largest absolute Gasteiger partial charge is 0.496 e. The van der Waals surface area contributed by atoms with Crippen LogP contribution in [0.5, 0.6) is 5.75 Å². The zero-order valence-corrected chi connectivity index (χ0v) is 9.38. The summed E-state index contributed by atoms with van der Waals surface area (Å²) in [7, 11) is 1.57. The van der Waals surface area contributed by atoms with Crippen molar-refractivity contribution in [1.82, 2.24) is 0 Å². The SMILES string of the molecule is C=CCC(=O)Cc1cc(Cl)ccc1OC. The summed E-state index contributed by atoms with van der Waals surface area (Å²) < 4.78 is 5.14. The minimum absolute atomic E-state index is 0.102. The molecule has 1 aromatic rings. The molecule has 2 nitrogen and oxygen atoms in total. The van der Waals surface area contributed by atoms with E-state index in [-0.39, 0.29) is 5.78 Å². The fourth-order valence-corrected chi connectivity index (χ4v) is 1.53. The third-order valence-corrected chi connectivity index (χ3v) is 2.24. The maximum atomic E-state index is 11.4. The first-order valence-electron chi connectivity index (χ1n) is 4.62. The molecule has 15 heavy (non-hydrogen) atoms. The Balaban J connectivity index is 2.86. The molecule has 0 bridgehead atoms. The molecule has 0 N–H and O–H groups in total. The summed E-state index contributed by atoms with van der Waals surface area (Å²) in [4.78, 5) is 11.4. The fourth-order valence-electron chi connectivity index (χ4n) is 1.33. The molecule has 0 aliphatic carbocycles. The zero-order chi connectivity index (χ0) is 11.3. The first kappa shape index (κ1) is 11.8. The molecule has 0 unspecified atom stereocenters. The number of carbonyl (C=O) groups is 1. The highest BCUT2D eigenvalue weighted by Gasteiger charge is 2.08. The Morgan fingerprint density at radius 1 is 1.60 bits per heavy atom. The highest BCUT2D eigenvalue weighted by Crippen LogP contribution is 2.23. The predicted octanol–water partition coefficient (Wildman–Crippen LogP) is 3.04. The molecule has 0 atom stereocenters. The highest BCUT2D eigenvalue weighted by molar-refractivity contribution is 6.30. The molecule has 0 saturated heterocycles. The summed E-state index contributed by atoms with van der Waals surface area (Å²) in [6.45, 7) is 3.52. The molecule has 0 amide bonds. The maximum Gasteiger partial charge on any atom is 0.141 e. The van der Waals surface area contributed by atoms with E-state index in [2.05, 4.69) is 6.58 Å². The lowest BCUT2D eigenvalue weighted by Gasteiger charge is -2.07. The maximum absolute atomic E-state index is 11.4. The molecule has 0 radical (unpaired) electrons. The summed E-state index contributed by atoms with van der Waals surface area (Å²) in [5.41, 5.74) is 0.817. The van der Waals surface area contributed by atoms with E-state index in [9.17, 15) is 4.79 Å². The molecule has 0 aliphatic heterocycles. The summed E-state index contributed by atoms with van der Waals surface area (Å²) in [5.74, 6) is 0.794. The number of hydrogen-bond donors (Lipinski definition) is 0. The zero-order valence-electron chi connectivity index (χ0n) is 8.63. The molecule has 0 aliphatic rings. The average Bonchev–Trinajstić information content (AvgIpc) is 2.18. The van der Waals surface area contributed by atoms with Gasteiger partial charge in [0.15, 0.2) is 0 Å². The van der Waals surface area contributed by atoms with Crippen molar-refractivity contribution in [2.24, 2.45) is 0 Å². The van der Waals surface area contributed by atoms with Crippen LogP contribution in [0.3, 0.4) is 0 Å². The van der Waals surface area contributed by atoms with Crippen LogP contribution in [0.2, 0.25) is 5.02 Å². The second-order valence-electron chi connectivity index (χ2n) is 3.16. The standard InChI is InChI=1S/C12H13ClO2/c1-3-4-11(14)8-9-7-10(13)5-6-12(9)15-2/h3,5-7H,1,4,8H2,2H3. The quantitative estimate of drug-likeness (QED) is 0.719. The van der Waals surface area contributed by atoms with Gasteiger partial charge in [-0.3, -0.25) is 4.79 Å². The van der Waals surface area contributed by atoms with Crippen LogP contribution < -0.4 is 4.74 Å². The van der Waals surface area contributed by atoms with Crippen molar-refractivity contribution in [2.75, 3.05) is 7.11 Å². The third kappa shape index (κ3) is 3.40. The molecule has 3 heteroatoms. The van der Waals surface area contributed by atoms with Gasteiger partial charge in [-0.25, -0.2) is 0 Å². The van der Waals surface area contributed by atoms with Gasteiger partial charge < -0.3 is 4.74 Å². The Bertz CT molecular complexity index is 372. The Hall–Kier alpha value is -1.28. The lowest BCUT2D eigenvalue weighted by molar-refractivity contribution is -0.117. The van der Waals surface area contributed by atoms with Crippen molar-refractivity contribution in [1.29, 1.82) is 0 Å². The van der Waals surface area contributed by atoms with Crippen molar-refractivity contribution >= 4 is 17.4 Å². The van der Waals surface area contributed by atoms with Crippen LogP contribution in [0.15, 0.2) is 30.9 Å². The number of ketones is 1. The number of methoxy groups -OCH3 is 1. The second kappa shape index (κ2) is 5.56. The number of allylic oxidation sites excluding steroid dienone is 1. The summed E-state index contributed by atoms with van der Waals surface area (Å²) in [5, 5.41) is 0.609. The van der Waals surface area contributed by atoms with Crippen LogP contribution in [0.25, 0.3) is 0 Å². The first-order valence-corrected chi connectivity index (χ1v) is 5.00. The van der Waals surface area contributed by atoms with E-state index >= 15 is 0 Å². The normalized spacial score (nSPS) is 9.73. The molecule has 0 fully saturated rings. The number of hydrogen-bond acceptors (Lipinski definition) is 2. The van der Waals surface area contributed by atoms with E-state index in [0.29, 0.717) is 23.6 Å². The lowest BCUT2D eigenvalue weighted by Crippen LogP contribution is -2.02. The highest BCUT2D eigenvalue weighted by atomic mass is 35.5. The van der Waals surface area contributed by atoms with Gasteiger partial charge in [-0.1, -0.05) is 17.7 Å².